The molecule has 7 nitrogen and oxygen atoms in total. The summed E-state index contributed by atoms with van der Waals surface area (Å²) in [6.45, 7) is 2.11. The predicted molar refractivity (Wildman–Crippen MR) is 62.7 cm³/mol. The van der Waals surface area contributed by atoms with Crippen LogP contribution < -0.4 is 15.4 Å². The highest BCUT2D eigenvalue weighted by atomic mass is 16.5. The highest BCUT2D eigenvalue weighted by Gasteiger charge is 2.12. The molecule has 0 radical (unpaired) electrons. The van der Waals surface area contributed by atoms with Crippen molar-refractivity contribution >= 4 is 17.5 Å². The van der Waals surface area contributed by atoms with Gasteiger partial charge in [0.05, 0.1) is 24.6 Å². The summed E-state index contributed by atoms with van der Waals surface area (Å²) < 4.78 is 5.13. The highest BCUT2D eigenvalue weighted by Crippen LogP contribution is 2.11. The number of carbonyl (C=O) groups excluding carboxylic acids is 2. The van der Waals surface area contributed by atoms with Crippen LogP contribution in [0, 0.1) is 11.3 Å². The van der Waals surface area contributed by atoms with E-state index in [0.717, 1.165) is 0 Å². The summed E-state index contributed by atoms with van der Waals surface area (Å²) in [5.41, 5.74) is 0.371. The van der Waals surface area contributed by atoms with Crippen molar-refractivity contribution in [3.8, 4) is 11.9 Å². The number of hydrogen-bond donors (Lipinski definition) is 2. The molecule has 0 unspecified atom stereocenters. The van der Waals surface area contributed by atoms with E-state index in [9.17, 15) is 9.59 Å². The summed E-state index contributed by atoms with van der Waals surface area (Å²) in [6, 6.07) is 4.84. The van der Waals surface area contributed by atoms with E-state index in [-0.39, 0.29) is 6.54 Å². The molecule has 0 aliphatic rings. The average molecular weight is 248 g/mol. The average Bonchev–Trinajstić information content (AvgIpc) is 2.38. The van der Waals surface area contributed by atoms with Gasteiger partial charge in [-0.3, -0.25) is 9.59 Å². The van der Waals surface area contributed by atoms with Gasteiger partial charge in [0, 0.05) is 6.07 Å². The van der Waals surface area contributed by atoms with Crippen molar-refractivity contribution in [1.82, 2.24) is 10.3 Å². The molecule has 0 spiro atoms. The van der Waals surface area contributed by atoms with Crippen molar-refractivity contribution in [2.75, 3.05) is 18.5 Å². The maximum absolute atomic E-state index is 11.3. The highest BCUT2D eigenvalue weighted by molar-refractivity contribution is 6.39. The Labute approximate surface area is 104 Å². The number of rotatable bonds is 4. The van der Waals surface area contributed by atoms with Gasteiger partial charge in [0.2, 0.25) is 5.88 Å². The number of aromatic nitrogens is 1. The molecule has 0 saturated carbocycles. The Morgan fingerprint density at radius 2 is 2.22 bits per heavy atom. The molecule has 1 aromatic rings. The molecule has 0 aliphatic heterocycles. The first-order valence-electron chi connectivity index (χ1n) is 5.22. The molecule has 0 bridgehead atoms. The van der Waals surface area contributed by atoms with E-state index in [1.165, 1.54) is 6.20 Å². The second-order valence-corrected chi connectivity index (χ2v) is 3.11. The van der Waals surface area contributed by atoms with Crippen molar-refractivity contribution in [1.29, 1.82) is 5.26 Å². The Bertz CT molecular complexity index is 464. The van der Waals surface area contributed by atoms with Crippen molar-refractivity contribution in [3.05, 3.63) is 18.3 Å². The minimum atomic E-state index is -0.870. The number of nitrogens with one attached hydrogen (secondary N) is 2. The lowest BCUT2D eigenvalue weighted by Crippen LogP contribution is -2.35. The zero-order valence-corrected chi connectivity index (χ0v) is 9.77. The Balaban J connectivity index is 2.54. The molecule has 18 heavy (non-hydrogen) atoms. The number of nitriles is 1. The number of hydrogen-bond acceptors (Lipinski definition) is 5. The summed E-state index contributed by atoms with van der Waals surface area (Å²) in [4.78, 5) is 26.4. The fraction of sp³-hybridized carbons (Fsp3) is 0.273. The first-order valence-corrected chi connectivity index (χ1v) is 5.22. The van der Waals surface area contributed by atoms with Gasteiger partial charge in [-0.15, -0.1) is 0 Å². The lowest BCUT2D eigenvalue weighted by Gasteiger charge is -2.05. The molecule has 2 N–H and O–H groups in total. The molecule has 94 valence electrons. The predicted octanol–water partition coefficient (Wildman–Crippen LogP) is 0.0586. The molecule has 0 fully saturated rings. The van der Waals surface area contributed by atoms with Gasteiger partial charge in [0.25, 0.3) is 0 Å². The first-order chi connectivity index (χ1) is 8.67. The number of anilines is 1. The van der Waals surface area contributed by atoms with E-state index < -0.39 is 11.8 Å². The quantitative estimate of drug-likeness (QED) is 0.579. The summed E-state index contributed by atoms with van der Waals surface area (Å²) in [7, 11) is 0. The number of amides is 2. The largest absolute Gasteiger partial charge is 0.478 e. The van der Waals surface area contributed by atoms with Crippen molar-refractivity contribution in [2.24, 2.45) is 0 Å². The van der Waals surface area contributed by atoms with Crippen LogP contribution in [0.15, 0.2) is 18.3 Å². The van der Waals surface area contributed by atoms with Crippen LogP contribution >= 0.6 is 0 Å². The van der Waals surface area contributed by atoms with E-state index in [0.29, 0.717) is 18.2 Å². The summed E-state index contributed by atoms with van der Waals surface area (Å²) in [5, 5.41) is 12.7. The van der Waals surface area contributed by atoms with Crippen LogP contribution in [0.1, 0.15) is 6.92 Å². The Morgan fingerprint density at radius 3 is 2.78 bits per heavy atom. The second-order valence-electron chi connectivity index (χ2n) is 3.11. The molecule has 1 rings (SSSR count). The summed E-state index contributed by atoms with van der Waals surface area (Å²) >= 11 is 0. The van der Waals surface area contributed by atoms with Crippen LogP contribution in [0.5, 0.6) is 5.88 Å². The van der Waals surface area contributed by atoms with Crippen molar-refractivity contribution < 1.29 is 14.3 Å². The normalized spacial score (nSPS) is 9.11. The summed E-state index contributed by atoms with van der Waals surface area (Å²) in [5.74, 6) is -1.29. The number of pyridine rings is 1. The maximum Gasteiger partial charge on any atom is 0.313 e. The Kier molecular flexibility index (Phi) is 5.12. The third-order valence-electron chi connectivity index (χ3n) is 1.82. The molecule has 0 saturated heterocycles. The molecule has 0 atom stereocenters. The third-order valence-corrected chi connectivity index (χ3v) is 1.82. The van der Waals surface area contributed by atoms with E-state index in [4.69, 9.17) is 10.00 Å². The molecule has 7 heteroatoms. The Hall–Kier alpha value is -2.62. The van der Waals surface area contributed by atoms with Gasteiger partial charge in [-0.1, -0.05) is 0 Å². The molecule has 0 aliphatic carbocycles. The van der Waals surface area contributed by atoms with Crippen LogP contribution in [0.4, 0.5) is 5.69 Å². The monoisotopic (exact) mass is 248 g/mol. The van der Waals surface area contributed by atoms with E-state index >= 15 is 0 Å². The lowest BCUT2D eigenvalue weighted by molar-refractivity contribution is -0.136. The minimum absolute atomic E-state index is 0.215. The van der Waals surface area contributed by atoms with Gasteiger partial charge in [-0.25, -0.2) is 4.98 Å². The van der Waals surface area contributed by atoms with E-state index in [1.54, 1.807) is 18.2 Å². The maximum atomic E-state index is 11.3. The Morgan fingerprint density at radius 1 is 1.44 bits per heavy atom. The number of carbonyl (C=O) groups is 2. The van der Waals surface area contributed by atoms with Gasteiger partial charge >= 0.3 is 11.8 Å². The molecule has 0 aromatic carbocycles. The fourth-order valence-electron chi connectivity index (χ4n) is 1.08. The van der Waals surface area contributed by atoms with E-state index in [2.05, 4.69) is 15.6 Å². The molecule has 1 aromatic heterocycles. The van der Waals surface area contributed by atoms with Crippen molar-refractivity contribution in [3.63, 3.8) is 0 Å². The topological polar surface area (TPSA) is 104 Å². The minimum Gasteiger partial charge on any atom is -0.478 e. The van der Waals surface area contributed by atoms with Crippen LogP contribution in [-0.2, 0) is 9.59 Å². The van der Waals surface area contributed by atoms with Gasteiger partial charge in [0.15, 0.2) is 0 Å². The van der Waals surface area contributed by atoms with Crippen LogP contribution in [0.25, 0.3) is 0 Å². The van der Waals surface area contributed by atoms with Gasteiger partial charge in [-0.05, 0) is 13.0 Å². The fourth-order valence-corrected chi connectivity index (χ4v) is 1.08. The van der Waals surface area contributed by atoms with Gasteiger partial charge in [0.1, 0.15) is 6.54 Å². The van der Waals surface area contributed by atoms with Gasteiger partial charge in [-0.2, -0.15) is 5.26 Å². The molecular weight excluding hydrogens is 236 g/mol. The summed E-state index contributed by atoms with van der Waals surface area (Å²) in [6.07, 6.45) is 1.38. The molecular formula is C11H12N4O3. The first kappa shape index (κ1) is 13.4. The molecule has 1 heterocycles. The number of ether oxygens (including phenoxy) is 1. The van der Waals surface area contributed by atoms with Gasteiger partial charge < -0.3 is 15.4 Å². The lowest BCUT2D eigenvalue weighted by atomic mass is 10.4. The second kappa shape index (κ2) is 6.85. The SMILES string of the molecule is CCOc1ccc(NC(=O)C(=O)NCC#N)cn1. The standard InChI is InChI=1S/C11H12N4O3/c1-2-18-9-4-3-8(7-14-9)15-11(17)10(16)13-6-5-12/h3-4,7H,2,6H2,1H3,(H,13,16)(H,15,17). The van der Waals surface area contributed by atoms with Crippen LogP contribution in [-0.4, -0.2) is 29.9 Å². The third kappa shape index (κ3) is 4.09. The zero-order chi connectivity index (χ0) is 13.4. The van der Waals surface area contributed by atoms with Crippen molar-refractivity contribution in [2.45, 2.75) is 6.92 Å². The van der Waals surface area contributed by atoms with Crippen LogP contribution in [0.3, 0.4) is 0 Å². The smallest absolute Gasteiger partial charge is 0.313 e. The number of nitrogens with zero attached hydrogens (tertiary/aromatic N) is 2. The zero-order valence-electron chi connectivity index (χ0n) is 9.77. The molecule has 2 amide bonds. The van der Waals surface area contributed by atoms with E-state index in [1.807, 2.05) is 6.92 Å². The van der Waals surface area contributed by atoms with Crippen LogP contribution in [0.2, 0.25) is 0 Å².